The van der Waals surface area contributed by atoms with Crippen molar-refractivity contribution in [1.82, 2.24) is 24.9 Å². The van der Waals surface area contributed by atoms with Gasteiger partial charge in [0.15, 0.2) is 17.2 Å². The van der Waals surface area contributed by atoms with E-state index in [0.717, 1.165) is 63.7 Å². The minimum absolute atomic E-state index is 0.184. The number of piperidine rings is 1. The number of nitrogens with zero attached hydrogens (tertiary/aromatic N) is 7. The van der Waals surface area contributed by atoms with Crippen molar-refractivity contribution >= 4 is 40.4 Å². The van der Waals surface area contributed by atoms with Crippen LogP contribution in [-0.2, 0) is 0 Å². The summed E-state index contributed by atoms with van der Waals surface area (Å²) < 4.78 is 1.46. The molecule has 4 N–H and O–H groups in total. The highest BCUT2D eigenvalue weighted by atomic mass is 35.5. The number of nitrogens with one attached hydrogen (secondary N) is 3. The highest BCUT2D eigenvalue weighted by Gasteiger charge is 2.28. The number of imidazole rings is 1. The molecule has 6 rings (SSSR count). The lowest BCUT2D eigenvalue weighted by Crippen LogP contribution is -2.45. The maximum Gasteiger partial charge on any atom is 0.247 e. The maximum absolute atomic E-state index is 9.83. The normalized spacial score (nSPS) is 21.8. The van der Waals surface area contributed by atoms with Gasteiger partial charge in [0.05, 0.1) is 40.3 Å². The summed E-state index contributed by atoms with van der Waals surface area (Å²) in [7, 11) is 0. The molecule has 0 radical (unpaired) electrons. The van der Waals surface area contributed by atoms with E-state index in [1.165, 1.54) is 10.7 Å². The average molecular weight is 533 g/mol. The van der Waals surface area contributed by atoms with Crippen LogP contribution < -0.4 is 20.9 Å². The van der Waals surface area contributed by atoms with Gasteiger partial charge in [0.2, 0.25) is 5.95 Å². The van der Waals surface area contributed by atoms with Gasteiger partial charge in [0, 0.05) is 31.2 Å². The molecular formula is C26H29ClN10O. The van der Waals surface area contributed by atoms with Crippen LogP contribution in [0.4, 0.5) is 23.1 Å². The number of halogens is 1. The number of aliphatic hydroxyl groups is 1. The lowest BCUT2D eigenvalue weighted by Gasteiger charge is -2.36. The van der Waals surface area contributed by atoms with Crippen molar-refractivity contribution in [3.8, 4) is 12.1 Å². The smallest absolute Gasteiger partial charge is 0.247 e. The zero-order chi connectivity index (χ0) is 26.2. The van der Waals surface area contributed by atoms with Gasteiger partial charge in [-0.05, 0) is 57.1 Å². The molecule has 1 saturated heterocycles. The number of benzene rings is 1. The second kappa shape index (κ2) is 10.3. The van der Waals surface area contributed by atoms with Crippen LogP contribution in [0.1, 0.15) is 56.2 Å². The number of nitriles is 2. The summed E-state index contributed by atoms with van der Waals surface area (Å²) in [5.74, 6) is 0.795. The molecule has 3 aromatic rings. The third-order valence-electron chi connectivity index (χ3n) is 7.54. The van der Waals surface area contributed by atoms with Crippen molar-refractivity contribution in [3.05, 3.63) is 34.6 Å². The molecule has 12 heteroatoms. The van der Waals surface area contributed by atoms with E-state index in [0.29, 0.717) is 51.6 Å². The lowest BCUT2D eigenvalue weighted by atomic mass is 10.0. The van der Waals surface area contributed by atoms with Crippen LogP contribution in [0.3, 0.4) is 0 Å². The second-order valence-corrected chi connectivity index (χ2v) is 10.8. The largest absolute Gasteiger partial charge is 0.393 e. The molecule has 0 amide bonds. The summed E-state index contributed by atoms with van der Waals surface area (Å²) >= 11 is 6.90. The molecule has 0 bridgehead atoms. The number of fused-ring (bicyclic) bond motifs is 1. The van der Waals surface area contributed by atoms with Crippen LogP contribution in [0, 0.1) is 22.7 Å². The third kappa shape index (κ3) is 5.05. The fourth-order valence-electron chi connectivity index (χ4n) is 5.37. The Kier molecular flexibility index (Phi) is 6.66. The monoisotopic (exact) mass is 532 g/mol. The topological polar surface area (TPSA) is 150 Å². The van der Waals surface area contributed by atoms with Gasteiger partial charge in [0.1, 0.15) is 6.07 Å². The van der Waals surface area contributed by atoms with Crippen LogP contribution in [0.2, 0.25) is 5.02 Å². The first-order chi connectivity index (χ1) is 18.5. The van der Waals surface area contributed by atoms with Gasteiger partial charge < -0.3 is 26.0 Å². The van der Waals surface area contributed by atoms with Gasteiger partial charge in [-0.2, -0.15) is 20.0 Å². The predicted molar refractivity (Wildman–Crippen MR) is 144 cm³/mol. The second-order valence-electron chi connectivity index (χ2n) is 10.4. The van der Waals surface area contributed by atoms with Gasteiger partial charge in [0.25, 0.3) is 0 Å². The fourth-order valence-corrected chi connectivity index (χ4v) is 5.65. The summed E-state index contributed by atoms with van der Waals surface area (Å²) in [5.41, 5.74) is 2.58. The van der Waals surface area contributed by atoms with E-state index in [1.807, 2.05) is 6.07 Å². The van der Waals surface area contributed by atoms with E-state index < -0.39 is 0 Å². The highest BCUT2D eigenvalue weighted by molar-refractivity contribution is 6.36. The molecule has 3 fully saturated rings. The van der Waals surface area contributed by atoms with E-state index in [4.69, 9.17) is 11.6 Å². The van der Waals surface area contributed by atoms with E-state index in [1.54, 1.807) is 6.07 Å². The molecular weight excluding hydrogens is 504 g/mol. The third-order valence-corrected chi connectivity index (χ3v) is 7.93. The quantitative estimate of drug-likeness (QED) is 0.356. The Bertz CT molecular complexity index is 1430. The van der Waals surface area contributed by atoms with Crippen LogP contribution in [0.15, 0.2) is 18.3 Å². The Morgan fingerprint density at radius 1 is 1.00 bits per heavy atom. The molecule has 2 aliphatic carbocycles. The fraction of sp³-hybridized carbons (Fsp3) is 0.500. The Balaban J connectivity index is 1.24. The summed E-state index contributed by atoms with van der Waals surface area (Å²) in [5, 5.41) is 44.3. The number of rotatable bonds is 7. The Hall–Kier alpha value is -3.64. The Morgan fingerprint density at radius 2 is 1.79 bits per heavy atom. The molecule has 0 unspecified atom stereocenters. The zero-order valence-electron chi connectivity index (χ0n) is 20.9. The number of aromatic nitrogens is 4. The summed E-state index contributed by atoms with van der Waals surface area (Å²) in [6, 6.07) is 8.97. The van der Waals surface area contributed by atoms with E-state index in [-0.39, 0.29) is 12.1 Å². The molecule has 3 heterocycles. The summed E-state index contributed by atoms with van der Waals surface area (Å²) in [6.45, 7) is 1.61. The number of aliphatic hydroxyl groups excluding tert-OH is 1. The van der Waals surface area contributed by atoms with Gasteiger partial charge in [-0.25, -0.2) is 4.98 Å². The summed E-state index contributed by atoms with van der Waals surface area (Å²) in [6.07, 6.45) is 8.02. The van der Waals surface area contributed by atoms with E-state index in [9.17, 15) is 15.6 Å². The Labute approximate surface area is 225 Å². The van der Waals surface area contributed by atoms with Crippen molar-refractivity contribution in [1.29, 1.82) is 10.5 Å². The van der Waals surface area contributed by atoms with Gasteiger partial charge in [-0.1, -0.05) is 11.6 Å². The standard InChI is InChI=1S/C26H29ClN10O/c27-23-21(33-26-34-24(32-16-1-2-16)25-30-14-19(13-29)37(25)35-26)9-15(12-28)10-22(23)36-7-5-17(6-8-36)31-18-3-4-20(38)11-18/h9-10,14,16-18,20,31,38H,1-8,11H2,(H2,32,33,34,35)/t18-,20-/m0/s1. The molecule has 2 aromatic heterocycles. The number of hydrogen-bond donors (Lipinski definition) is 4. The number of anilines is 4. The first-order valence-corrected chi connectivity index (χ1v) is 13.5. The molecule has 1 aliphatic heterocycles. The van der Waals surface area contributed by atoms with Crippen LogP contribution in [0.25, 0.3) is 5.65 Å². The van der Waals surface area contributed by atoms with Crippen molar-refractivity contribution in [2.24, 2.45) is 0 Å². The molecule has 3 aliphatic rings. The van der Waals surface area contributed by atoms with E-state index in [2.05, 4.69) is 48.1 Å². The van der Waals surface area contributed by atoms with Crippen molar-refractivity contribution in [2.45, 2.75) is 69.2 Å². The van der Waals surface area contributed by atoms with Crippen LogP contribution in [-0.4, -0.2) is 62.0 Å². The SMILES string of the molecule is N#Cc1cc(Nc2nc(NC3CC3)c3ncc(C#N)n3n2)c(Cl)c(N2CCC(N[C@H]3CC[C@H](O)C3)CC2)c1. The van der Waals surface area contributed by atoms with E-state index >= 15 is 0 Å². The Morgan fingerprint density at radius 3 is 2.47 bits per heavy atom. The predicted octanol–water partition coefficient (Wildman–Crippen LogP) is 3.31. The molecule has 2 saturated carbocycles. The highest BCUT2D eigenvalue weighted by Crippen LogP contribution is 2.37. The van der Waals surface area contributed by atoms with Gasteiger partial charge in [-0.3, -0.25) is 0 Å². The molecule has 0 spiro atoms. The lowest BCUT2D eigenvalue weighted by molar-refractivity contribution is 0.178. The molecule has 2 atom stereocenters. The zero-order valence-corrected chi connectivity index (χ0v) is 21.6. The molecule has 196 valence electrons. The molecule has 11 nitrogen and oxygen atoms in total. The molecule has 38 heavy (non-hydrogen) atoms. The first-order valence-electron chi connectivity index (χ1n) is 13.1. The first kappa shape index (κ1) is 24.7. The summed E-state index contributed by atoms with van der Waals surface area (Å²) in [4.78, 5) is 11.1. The van der Waals surface area contributed by atoms with Gasteiger partial charge >= 0.3 is 0 Å². The van der Waals surface area contributed by atoms with Crippen LogP contribution in [0.5, 0.6) is 0 Å². The molecule has 1 aromatic carbocycles. The maximum atomic E-state index is 9.83. The van der Waals surface area contributed by atoms with Crippen molar-refractivity contribution in [2.75, 3.05) is 28.6 Å². The van der Waals surface area contributed by atoms with Crippen molar-refractivity contribution in [3.63, 3.8) is 0 Å². The van der Waals surface area contributed by atoms with Crippen molar-refractivity contribution < 1.29 is 5.11 Å². The minimum atomic E-state index is -0.184. The minimum Gasteiger partial charge on any atom is -0.393 e. The number of hydrogen-bond acceptors (Lipinski definition) is 10. The van der Waals surface area contributed by atoms with Crippen LogP contribution >= 0.6 is 11.6 Å². The average Bonchev–Trinajstić information content (AvgIpc) is 3.49. The van der Waals surface area contributed by atoms with Gasteiger partial charge in [-0.15, -0.1) is 5.10 Å².